The van der Waals surface area contributed by atoms with Gasteiger partial charge in [-0.3, -0.25) is 9.59 Å². The summed E-state index contributed by atoms with van der Waals surface area (Å²) in [5.41, 5.74) is 5.80. The molecule has 0 aromatic heterocycles. The number of carbonyl (C=O) groups is 2. The smallest absolute Gasteiger partial charge is 0.242 e. The van der Waals surface area contributed by atoms with Gasteiger partial charge in [0.2, 0.25) is 11.8 Å². The van der Waals surface area contributed by atoms with Crippen LogP contribution in [0, 0.1) is 5.41 Å². The average Bonchev–Trinajstić information content (AvgIpc) is 2.23. The van der Waals surface area contributed by atoms with Gasteiger partial charge in [-0.1, -0.05) is 27.7 Å². The van der Waals surface area contributed by atoms with Gasteiger partial charge in [0.05, 0.1) is 0 Å². The summed E-state index contributed by atoms with van der Waals surface area (Å²) in [6.07, 6.45) is 1.11. The first-order chi connectivity index (χ1) is 8.18. The van der Waals surface area contributed by atoms with E-state index in [2.05, 4.69) is 10.6 Å². The van der Waals surface area contributed by atoms with Gasteiger partial charge in [0.25, 0.3) is 0 Å². The second-order valence-electron chi connectivity index (χ2n) is 5.76. The third-order valence-corrected chi connectivity index (χ3v) is 2.84. The molecular weight excluding hydrogens is 230 g/mol. The maximum Gasteiger partial charge on any atom is 0.242 e. The van der Waals surface area contributed by atoms with Crippen LogP contribution in [0.15, 0.2) is 0 Å². The van der Waals surface area contributed by atoms with Crippen LogP contribution in [-0.4, -0.2) is 30.4 Å². The maximum atomic E-state index is 11.7. The second-order valence-corrected chi connectivity index (χ2v) is 5.76. The number of amides is 2. The van der Waals surface area contributed by atoms with Gasteiger partial charge < -0.3 is 16.4 Å². The molecule has 0 aliphatic carbocycles. The third-order valence-electron chi connectivity index (χ3n) is 2.84. The lowest BCUT2D eigenvalue weighted by atomic mass is 9.85. The molecule has 0 aromatic rings. The lowest BCUT2D eigenvalue weighted by Gasteiger charge is -2.26. The molecule has 0 spiro atoms. The summed E-state index contributed by atoms with van der Waals surface area (Å²) in [5.74, 6) is -0.342. The minimum absolute atomic E-state index is 0.120. The molecule has 0 rings (SSSR count). The number of nitrogens with one attached hydrogen (secondary N) is 2. The Bertz CT molecular complexity index is 284. The second kappa shape index (κ2) is 7.36. The van der Waals surface area contributed by atoms with E-state index in [4.69, 9.17) is 5.73 Å². The molecule has 2 amide bonds. The highest BCUT2D eigenvalue weighted by Gasteiger charge is 2.24. The summed E-state index contributed by atoms with van der Waals surface area (Å²) in [4.78, 5) is 23.3. The average molecular weight is 257 g/mol. The lowest BCUT2D eigenvalue weighted by molar-refractivity contribution is -0.129. The molecular formula is C13H27N3O2. The summed E-state index contributed by atoms with van der Waals surface area (Å²) in [6, 6.07) is -0.736. The lowest BCUT2D eigenvalue weighted by Crippen LogP contribution is -2.47. The zero-order valence-electron chi connectivity index (χ0n) is 12.2. The fraction of sp³-hybridized carbons (Fsp3) is 0.846. The molecule has 0 bridgehead atoms. The van der Waals surface area contributed by atoms with Crippen LogP contribution in [0.1, 0.15) is 47.5 Å². The van der Waals surface area contributed by atoms with Gasteiger partial charge in [0.15, 0.2) is 0 Å². The monoisotopic (exact) mass is 257 g/mol. The zero-order valence-corrected chi connectivity index (χ0v) is 12.2. The van der Waals surface area contributed by atoms with E-state index in [0.717, 1.165) is 6.42 Å². The van der Waals surface area contributed by atoms with Crippen molar-refractivity contribution in [2.24, 2.45) is 11.1 Å². The molecule has 0 aliphatic rings. The highest BCUT2D eigenvalue weighted by Crippen LogP contribution is 2.19. The number of hydrogen-bond donors (Lipinski definition) is 3. The minimum atomic E-state index is -0.517. The molecule has 106 valence electrons. The number of hydrogen-bond acceptors (Lipinski definition) is 3. The Balaban J connectivity index is 4.12. The van der Waals surface area contributed by atoms with Crippen molar-refractivity contribution in [2.75, 3.05) is 6.54 Å². The van der Waals surface area contributed by atoms with Crippen LogP contribution < -0.4 is 16.4 Å². The van der Waals surface area contributed by atoms with Gasteiger partial charge in [-0.25, -0.2) is 0 Å². The van der Waals surface area contributed by atoms with E-state index in [-0.39, 0.29) is 29.7 Å². The summed E-state index contributed by atoms with van der Waals surface area (Å²) in [5, 5.41) is 5.40. The molecule has 0 fully saturated rings. The highest BCUT2D eigenvalue weighted by atomic mass is 16.2. The molecule has 4 N–H and O–H groups in total. The van der Waals surface area contributed by atoms with Crippen molar-refractivity contribution >= 4 is 11.8 Å². The Morgan fingerprint density at radius 3 is 2.28 bits per heavy atom. The molecule has 0 aliphatic heterocycles. The summed E-state index contributed by atoms with van der Waals surface area (Å²) in [7, 11) is 0. The van der Waals surface area contributed by atoms with Crippen LogP contribution in [-0.2, 0) is 9.59 Å². The van der Waals surface area contributed by atoms with Crippen molar-refractivity contribution in [3.63, 3.8) is 0 Å². The zero-order chi connectivity index (χ0) is 14.3. The van der Waals surface area contributed by atoms with E-state index < -0.39 is 6.04 Å². The molecule has 0 aromatic carbocycles. The number of carbonyl (C=O) groups excluding carboxylic acids is 2. The largest absolute Gasteiger partial charge is 0.354 e. The first-order valence-corrected chi connectivity index (χ1v) is 6.51. The molecule has 0 saturated carbocycles. The van der Waals surface area contributed by atoms with Gasteiger partial charge in [-0.2, -0.15) is 0 Å². The Hall–Kier alpha value is -1.10. The van der Waals surface area contributed by atoms with Gasteiger partial charge in [0.1, 0.15) is 6.04 Å². The Kier molecular flexibility index (Phi) is 6.91. The van der Waals surface area contributed by atoms with Crippen LogP contribution in [0.4, 0.5) is 0 Å². The van der Waals surface area contributed by atoms with E-state index in [1.54, 1.807) is 6.92 Å². The van der Waals surface area contributed by atoms with Crippen LogP contribution in [0.5, 0.6) is 0 Å². The number of rotatable bonds is 6. The van der Waals surface area contributed by atoms with E-state index in [1.807, 2.05) is 27.7 Å². The topological polar surface area (TPSA) is 84.2 Å². The van der Waals surface area contributed by atoms with Crippen molar-refractivity contribution in [1.29, 1.82) is 0 Å². The maximum absolute atomic E-state index is 11.7. The minimum Gasteiger partial charge on any atom is -0.354 e. The Morgan fingerprint density at radius 1 is 1.28 bits per heavy atom. The van der Waals surface area contributed by atoms with E-state index in [9.17, 15) is 9.59 Å². The van der Waals surface area contributed by atoms with Crippen molar-refractivity contribution in [3.05, 3.63) is 0 Å². The van der Waals surface area contributed by atoms with Crippen LogP contribution in [0.2, 0.25) is 0 Å². The molecule has 2 unspecified atom stereocenters. The van der Waals surface area contributed by atoms with E-state index >= 15 is 0 Å². The molecule has 5 nitrogen and oxygen atoms in total. The van der Waals surface area contributed by atoms with Crippen LogP contribution in [0.25, 0.3) is 0 Å². The normalized spacial score (nSPS) is 14.8. The molecule has 2 atom stereocenters. The highest BCUT2D eigenvalue weighted by molar-refractivity contribution is 5.87. The number of nitrogens with two attached hydrogens (primary N) is 1. The SMILES string of the molecule is CCCNC(=O)C(C)NC(=O)CC(N)C(C)(C)C. The summed E-state index contributed by atoms with van der Waals surface area (Å²) >= 11 is 0. The molecule has 0 radical (unpaired) electrons. The van der Waals surface area contributed by atoms with Gasteiger partial charge in [-0.05, 0) is 18.8 Å². The van der Waals surface area contributed by atoms with Gasteiger partial charge in [-0.15, -0.1) is 0 Å². The molecule has 0 heterocycles. The fourth-order valence-electron chi connectivity index (χ4n) is 1.27. The van der Waals surface area contributed by atoms with E-state index in [1.165, 1.54) is 0 Å². The Labute approximate surface area is 110 Å². The molecule has 18 heavy (non-hydrogen) atoms. The Morgan fingerprint density at radius 2 is 1.83 bits per heavy atom. The predicted octanol–water partition coefficient (Wildman–Crippen LogP) is 0.781. The van der Waals surface area contributed by atoms with Crippen molar-refractivity contribution in [3.8, 4) is 0 Å². The van der Waals surface area contributed by atoms with Crippen molar-refractivity contribution in [1.82, 2.24) is 10.6 Å². The summed E-state index contributed by atoms with van der Waals surface area (Å²) in [6.45, 7) is 10.2. The molecule has 5 heteroatoms. The van der Waals surface area contributed by atoms with Gasteiger partial charge in [0, 0.05) is 19.0 Å². The van der Waals surface area contributed by atoms with Gasteiger partial charge >= 0.3 is 0 Å². The molecule has 0 saturated heterocycles. The first-order valence-electron chi connectivity index (χ1n) is 6.51. The predicted molar refractivity (Wildman–Crippen MR) is 73.0 cm³/mol. The third kappa shape index (κ3) is 6.59. The summed E-state index contributed by atoms with van der Waals surface area (Å²) < 4.78 is 0. The van der Waals surface area contributed by atoms with E-state index in [0.29, 0.717) is 6.54 Å². The van der Waals surface area contributed by atoms with Crippen LogP contribution in [0.3, 0.4) is 0 Å². The van der Waals surface area contributed by atoms with Crippen molar-refractivity contribution in [2.45, 2.75) is 59.5 Å². The fourth-order valence-corrected chi connectivity index (χ4v) is 1.27. The van der Waals surface area contributed by atoms with Crippen molar-refractivity contribution < 1.29 is 9.59 Å². The standard InChI is InChI=1S/C13H27N3O2/c1-6-7-15-12(18)9(2)16-11(17)8-10(14)13(3,4)5/h9-10H,6-8,14H2,1-5H3,(H,15,18)(H,16,17). The van der Waals surface area contributed by atoms with Crippen LogP contribution >= 0.6 is 0 Å². The first kappa shape index (κ1) is 16.9. The quantitative estimate of drug-likeness (QED) is 0.657.